The maximum Gasteiger partial charge on any atom is 0.304 e. The van der Waals surface area contributed by atoms with Crippen LogP contribution in [0.4, 0.5) is 10.1 Å². The molecule has 1 rings (SSSR count). The average Bonchev–Trinajstić information content (AvgIpc) is 2.33. The molecule has 21 heavy (non-hydrogen) atoms. The molecule has 0 spiro atoms. The van der Waals surface area contributed by atoms with Crippen LogP contribution in [-0.2, 0) is 0 Å². The Morgan fingerprint density at radius 2 is 2.14 bits per heavy atom. The van der Waals surface area contributed by atoms with E-state index in [0.29, 0.717) is 6.42 Å². The molecule has 0 bridgehead atoms. The Morgan fingerprint density at radius 1 is 1.52 bits per heavy atom. The number of nitrogens with zero attached hydrogens (tertiary/aromatic N) is 1. The molecule has 1 aromatic carbocycles. The van der Waals surface area contributed by atoms with Crippen LogP contribution in [0.5, 0.6) is 0 Å². The van der Waals surface area contributed by atoms with Gasteiger partial charge in [0, 0.05) is 18.2 Å². The second-order valence-electron chi connectivity index (χ2n) is 5.70. The quantitative estimate of drug-likeness (QED) is 0.622. The fraction of sp³-hybridized carbons (Fsp3) is 0.500. The van der Waals surface area contributed by atoms with Crippen LogP contribution >= 0.6 is 0 Å². The fourth-order valence-corrected chi connectivity index (χ4v) is 2.12. The van der Waals surface area contributed by atoms with Crippen LogP contribution in [0.25, 0.3) is 0 Å². The van der Waals surface area contributed by atoms with Gasteiger partial charge in [-0.15, -0.1) is 0 Å². The maximum absolute atomic E-state index is 13.4. The first-order chi connectivity index (χ1) is 9.62. The van der Waals surface area contributed by atoms with Gasteiger partial charge in [0.25, 0.3) is 5.91 Å². The van der Waals surface area contributed by atoms with Gasteiger partial charge in [0.2, 0.25) is 5.82 Å². The lowest BCUT2D eigenvalue weighted by molar-refractivity contribution is -0.387. The van der Waals surface area contributed by atoms with Crippen LogP contribution in [0.3, 0.4) is 0 Å². The van der Waals surface area contributed by atoms with Gasteiger partial charge in [-0.2, -0.15) is 4.39 Å². The van der Waals surface area contributed by atoms with Crippen LogP contribution in [0, 0.1) is 21.8 Å². The summed E-state index contributed by atoms with van der Waals surface area (Å²) in [5.41, 5.74) is -1.78. The van der Waals surface area contributed by atoms with E-state index in [0.717, 1.165) is 12.1 Å². The highest BCUT2D eigenvalue weighted by molar-refractivity contribution is 5.94. The van der Waals surface area contributed by atoms with Crippen LogP contribution in [-0.4, -0.2) is 28.1 Å². The minimum atomic E-state index is -1.07. The number of nitro groups is 1. The first-order valence-corrected chi connectivity index (χ1v) is 6.57. The lowest BCUT2D eigenvalue weighted by Crippen LogP contribution is -2.41. The number of amides is 1. The number of hydrogen-bond acceptors (Lipinski definition) is 4. The lowest BCUT2D eigenvalue weighted by atomic mass is 9.94. The van der Waals surface area contributed by atoms with Gasteiger partial charge in [0.15, 0.2) is 0 Å². The Balaban J connectivity index is 2.73. The molecule has 2 N–H and O–H groups in total. The van der Waals surface area contributed by atoms with E-state index in [-0.39, 0.29) is 18.0 Å². The third-order valence-electron chi connectivity index (χ3n) is 2.88. The molecule has 1 aromatic rings. The predicted molar refractivity (Wildman–Crippen MR) is 75.5 cm³/mol. The Labute approximate surface area is 122 Å². The van der Waals surface area contributed by atoms with Crippen molar-refractivity contribution in [3.63, 3.8) is 0 Å². The maximum atomic E-state index is 13.4. The molecular formula is C14H19FN2O4. The summed E-state index contributed by atoms with van der Waals surface area (Å²) >= 11 is 0. The molecule has 0 aliphatic rings. The molecule has 0 aromatic heterocycles. The number of carbonyl (C=O) groups is 1. The van der Waals surface area contributed by atoms with E-state index in [4.69, 9.17) is 0 Å². The van der Waals surface area contributed by atoms with Gasteiger partial charge in [-0.1, -0.05) is 13.8 Å². The summed E-state index contributed by atoms with van der Waals surface area (Å²) in [5, 5.41) is 23.1. The molecule has 0 radical (unpaired) electrons. The first kappa shape index (κ1) is 17.0. The Kier molecular flexibility index (Phi) is 5.37. The standard InChI is InChI=1S/C14H19FN2O4/c1-9(2)7-14(3,19)8-16-13(18)10-4-5-12(17(20)21)11(15)6-10/h4-6,9,19H,7-8H2,1-3H3,(H,16,18). The summed E-state index contributed by atoms with van der Waals surface area (Å²) < 4.78 is 13.4. The third kappa shape index (κ3) is 5.11. The number of hydrogen-bond donors (Lipinski definition) is 2. The van der Waals surface area contributed by atoms with Gasteiger partial charge in [-0.25, -0.2) is 0 Å². The van der Waals surface area contributed by atoms with Crippen molar-refractivity contribution in [1.82, 2.24) is 5.32 Å². The van der Waals surface area contributed by atoms with Gasteiger partial charge >= 0.3 is 5.69 Å². The summed E-state index contributed by atoms with van der Waals surface area (Å²) in [7, 11) is 0. The molecule has 0 aliphatic carbocycles. The second-order valence-corrected chi connectivity index (χ2v) is 5.70. The second kappa shape index (κ2) is 6.62. The van der Waals surface area contributed by atoms with Crippen molar-refractivity contribution < 1.29 is 19.2 Å². The predicted octanol–water partition coefficient (Wildman–Crippen LogP) is 2.26. The van der Waals surface area contributed by atoms with Gasteiger partial charge in [-0.05, 0) is 31.4 Å². The monoisotopic (exact) mass is 298 g/mol. The molecule has 0 aliphatic heterocycles. The topological polar surface area (TPSA) is 92.5 Å². The van der Waals surface area contributed by atoms with E-state index < -0.39 is 27.9 Å². The highest BCUT2D eigenvalue weighted by Gasteiger charge is 2.23. The third-order valence-corrected chi connectivity index (χ3v) is 2.88. The highest BCUT2D eigenvalue weighted by Crippen LogP contribution is 2.18. The minimum absolute atomic E-state index is 0.0165. The van der Waals surface area contributed by atoms with E-state index in [9.17, 15) is 24.4 Å². The number of nitrogens with one attached hydrogen (secondary N) is 1. The van der Waals surface area contributed by atoms with Crippen molar-refractivity contribution in [2.24, 2.45) is 5.92 Å². The van der Waals surface area contributed by atoms with Crippen LogP contribution < -0.4 is 5.32 Å². The number of nitro benzene ring substituents is 1. The summed E-state index contributed by atoms with van der Waals surface area (Å²) in [6.45, 7) is 5.51. The Hall–Kier alpha value is -2.02. The van der Waals surface area contributed by atoms with E-state index in [2.05, 4.69) is 5.32 Å². The summed E-state index contributed by atoms with van der Waals surface area (Å²) in [4.78, 5) is 21.5. The van der Waals surface area contributed by atoms with Crippen molar-refractivity contribution in [3.05, 3.63) is 39.7 Å². The summed E-state index contributed by atoms with van der Waals surface area (Å²) in [5.74, 6) is -1.40. The molecular weight excluding hydrogens is 279 g/mol. The number of carbonyl (C=O) groups excluding carboxylic acids is 1. The molecule has 6 nitrogen and oxygen atoms in total. The molecule has 1 amide bonds. The number of benzene rings is 1. The molecule has 1 unspecified atom stereocenters. The zero-order chi connectivity index (χ0) is 16.2. The Morgan fingerprint density at radius 3 is 2.62 bits per heavy atom. The number of halogens is 1. The van der Waals surface area contributed by atoms with Crippen LogP contribution in [0.1, 0.15) is 37.6 Å². The number of rotatable bonds is 6. The molecule has 0 saturated heterocycles. The summed E-state index contributed by atoms with van der Waals surface area (Å²) in [6, 6.07) is 2.93. The van der Waals surface area contributed by atoms with Crippen LogP contribution in [0.15, 0.2) is 18.2 Å². The Bertz CT molecular complexity index is 544. The van der Waals surface area contributed by atoms with E-state index in [1.165, 1.54) is 6.07 Å². The molecule has 7 heteroatoms. The zero-order valence-electron chi connectivity index (χ0n) is 12.2. The van der Waals surface area contributed by atoms with Gasteiger partial charge in [0.05, 0.1) is 10.5 Å². The normalized spacial score (nSPS) is 13.8. The molecule has 0 saturated carbocycles. The van der Waals surface area contributed by atoms with E-state index in [1.54, 1.807) is 6.92 Å². The van der Waals surface area contributed by atoms with Gasteiger partial charge < -0.3 is 10.4 Å². The first-order valence-electron chi connectivity index (χ1n) is 6.57. The van der Waals surface area contributed by atoms with Crippen molar-refractivity contribution in [1.29, 1.82) is 0 Å². The fourth-order valence-electron chi connectivity index (χ4n) is 2.12. The van der Waals surface area contributed by atoms with Gasteiger partial charge in [-0.3, -0.25) is 14.9 Å². The van der Waals surface area contributed by atoms with Crippen molar-refractivity contribution in [2.75, 3.05) is 6.54 Å². The summed E-state index contributed by atoms with van der Waals surface area (Å²) in [6.07, 6.45) is 0.502. The van der Waals surface area contributed by atoms with Crippen molar-refractivity contribution in [2.45, 2.75) is 32.8 Å². The SMILES string of the molecule is CC(C)CC(C)(O)CNC(=O)c1ccc([N+](=O)[O-])c(F)c1. The lowest BCUT2D eigenvalue weighted by Gasteiger charge is -2.25. The molecule has 116 valence electrons. The smallest absolute Gasteiger partial charge is 0.304 e. The van der Waals surface area contributed by atoms with Gasteiger partial charge in [0.1, 0.15) is 0 Å². The molecule has 0 fully saturated rings. The average molecular weight is 298 g/mol. The van der Waals surface area contributed by atoms with Crippen LogP contribution in [0.2, 0.25) is 0 Å². The zero-order valence-corrected chi connectivity index (χ0v) is 12.2. The van der Waals surface area contributed by atoms with E-state index in [1.807, 2.05) is 13.8 Å². The molecule has 1 atom stereocenters. The molecule has 0 heterocycles. The minimum Gasteiger partial charge on any atom is -0.388 e. The van der Waals surface area contributed by atoms with E-state index >= 15 is 0 Å². The van der Waals surface area contributed by atoms with Crippen molar-refractivity contribution >= 4 is 11.6 Å². The van der Waals surface area contributed by atoms with Crippen molar-refractivity contribution in [3.8, 4) is 0 Å². The largest absolute Gasteiger partial charge is 0.388 e. The number of aliphatic hydroxyl groups is 1. The highest BCUT2D eigenvalue weighted by atomic mass is 19.1.